The molecule has 2 heterocycles. The molecule has 3 rings (SSSR count). The lowest BCUT2D eigenvalue weighted by Crippen LogP contribution is -1.95. The maximum Gasteiger partial charge on any atom is 0.188 e. The van der Waals surface area contributed by atoms with Crippen molar-refractivity contribution in [3.05, 3.63) is 51.8 Å². The van der Waals surface area contributed by atoms with Gasteiger partial charge >= 0.3 is 0 Å². The Balaban J connectivity index is 1.96. The second-order valence-electron chi connectivity index (χ2n) is 5.74. The minimum atomic E-state index is -0.272. The van der Waals surface area contributed by atoms with Crippen LogP contribution in [0.4, 0.5) is 15.2 Å². The summed E-state index contributed by atoms with van der Waals surface area (Å²) < 4.78 is 13.0. The number of aromatic amines is 1. The third-order valence-electron chi connectivity index (χ3n) is 3.92. The molecule has 4 nitrogen and oxygen atoms in total. The third-order valence-corrected chi connectivity index (χ3v) is 4.80. The highest BCUT2D eigenvalue weighted by atomic mass is 32.1. The molecule has 0 saturated carbocycles. The van der Waals surface area contributed by atoms with Gasteiger partial charge in [-0.15, -0.1) is 11.3 Å². The Morgan fingerprint density at radius 3 is 2.46 bits per heavy atom. The van der Waals surface area contributed by atoms with E-state index in [1.165, 1.54) is 23.5 Å². The van der Waals surface area contributed by atoms with Crippen molar-refractivity contribution in [2.45, 2.75) is 27.7 Å². The highest BCUT2D eigenvalue weighted by molar-refractivity contribution is 7.16. The van der Waals surface area contributed by atoms with Crippen LogP contribution in [0.2, 0.25) is 0 Å². The summed E-state index contributed by atoms with van der Waals surface area (Å²) in [5, 5.41) is 3.91. The van der Waals surface area contributed by atoms with Gasteiger partial charge < -0.3 is 10.3 Å². The number of H-pyrrole nitrogens is 1. The molecule has 0 radical (unpaired) electrons. The molecule has 0 saturated heterocycles. The van der Waals surface area contributed by atoms with Crippen molar-refractivity contribution in [2.75, 3.05) is 5.32 Å². The Bertz CT molecular complexity index is 909. The predicted octanol–water partition coefficient (Wildman–Crippen LogP) is 5.15. The Morgan fingerprint density at radius 1 is 1.21 bits per heavy atom. The van der Waals surface area contributed by atoms with E-state index in [-0.39, 0.29) is 11.6 Å². The van der Waals surface area contributed by atoms with Crippen molar-refractivity contribution in [1.82, 2.24) is 9.97 Å². The number of hydrogen-bond acceptors (Lipinski definition) is 4. The number of benzene rings is 1. The standard InChI is InChI=1S/C18H18FN3OS/c1-9-15(11(3)23)10(2)20-16(9)17-12(4)24-18(22-17)21-14-7-5-13(19)6-8-14/h5-8,20H,1-4H3,(H,21,22). The first kappa shape index (κ1) is 16.4. The second kappa shape index (κ2) is 6.20. The Morgan fingerprint density at radius 2 is 1.88 bits per heavy atom. The molecule has 3 aromatic rings. The van der Waals surface area contributed by atoms with Crippen LogP contribution in [0.5, 0.6) is 0 Å². The summed E-state index contributed by atoms with van der Waals surface area (Å²) in [5.41, 5.74) is 4.99. The van der Waals surface area contributed by atoms with E-state index in [0.717, 1.165) is 43.9 Å². The number of aromatic nitrogens is 2. The monoisotopic (exact) mass is 343 g/mol. The van der Waals surface area contributed by atoms with Crippen LogP contribution >= 0.6 is 11.3 Å². The molecule has 2 N–H and O–H groups in total. The van der Waals surface area contributed by atoms with Crippen molar-refractivity contribution < 1.29 is 9.18 Å². The van der Waals surface area contributed by atoms with E-state index in [1.54, 1.807) is 19.1 Å². The van der Waals surface area contributed by atoms with Gasteiger partial charge in [-0.05, 0) is 57.5 Å². The lowest BCUT2D eigenvalue weighted by molar-refractivity contribution is 0.101. The summed E-state index contributed by atoms with van der Waals surface area (Å²) in [6.07, 6.45) is 0. The first-order chi connectivity index (χ1) is 11.4. The molecule has 0 spiro atoms. The zero-order valence-electron chi connectivity index (χ0n) is 14.0. The van der Waals surface area contributed by atoms with Crippen LogP contribution in [-0.2, 0) is 0 Å². The van der Waals surface area contributed by atoms with Crippen molar-refractivity contribution in [3.8, 4) is 11.4 Å². The Kier molecular flexibility index (Phi) is 4.24. The summed E-state index contributed by atoms with van der Waals surface area (Å²) in [6, 6.07) is 6.15. The molecule has 0 unspecified atom stereocenters. The molecule has 0 aliphatic carbocycles. The van der Waals surface area contributed by atoms with Crippen molar-refractivity contribution >= 4 is 27.9 Å². The molecular formula is C18H18FN3OS. The van der Waals surface area contributed by atoms with Gasteiger partial charge in [-0.3, -0.25) is 4.79 Å². The minimum Gasteiger partial charge on any atom is -0.356 e. The number of Topliss-reactive ketones (excluding diaryl/α,β-unsaturated/α-hetero) is 1. The SMILES string of the molecule is CC(=O)c1c(C)[nH]c(-c2nc(Nc3ccc(F)cc3)sc2C)c1C. The quantitative estimate of drug-likeness (QED) is 0.644. The summed E-state index contributed by atoms with van der Waals surface area (Å²) in [7, 11) is 0. The van der Waals surface area contributed by atoms with Crippen molar-refractivity contribution in [2.24, 2.45) is 0 Å². The molecule has 0 bridgehead atoms. The lowest BCUT2D eigenvalue weighted by atomic mass is 10.1. The Labute approximate surface area is 143 Å². The molecule has 6 heteroatoms. The van der Waals surface area contributed by atoms with Gasteiger partial charge in [0.05, 0.1) is 5.69 Å². The summed E-state index contributed by atoms with van der Waals surface area (Å²) in [6.45, 7) is 7.39. The maximum absolute atomic E-state index is 13.0. The maximum atomic E-state index is 13.0. The van der Waals surface area contributed by atoms with Crippen LogP contribution in [0.1, 0.15) is 33.4 Å². The van der Waals surface area contributed by atoms with E-state index in [2.05, 4.69) is 15.3 Å². The van der Waals surface area contributed by atoms with E-state index in [1.807, 2.05) is 20.8 Å². The fourth-order valence-electron chi connectivity index (χ4n) is 2.85. The van der Waals surface area contributed by atoms with Gasteiger partial charge in [0.25, 0.3) is 0 Å². The number of anilines is 2. The van der Waals surface area contributed by atoms with Gasteiger partial charge in [-0.25, -0.2) is 9.37 Å². The van der Waals surface area contributed by atoms with E-state index in [9.17, 15) is 9.18 Å². The highest BCUT2D eigenvalue weighted by Gasteiger charge is 2.20. The number of halogens is 1. The van der Waals surface area contributed by atoms with Crippen LogP contribution in [0.25, 0.3) is 11.4 Å². The van der Waals surface area contributed by atoms with Gasteiger partial charge in [0, 0.05) is 21.8 Å². The van der Waals surface area contributed by atoms with Crippen molar-refractivity contribution in [3.63, 3.8) is 0 Å². The highest BCUT2D eigenvalue weighted by Crippen LogP contribution is 2.35. The number of rotatable bonds is 4. The van der Waals surface area contributed by atoms with Gasteiger partial charge in [0.15, 0.2) is 10.9 Å². The predicted molar refractivity (Wildman–Crippen MR) is 95.8 cm³/mol. The van der Waals surface area contributed by atoms with E-state index in [4.69, 9.17) is 0 Å². The van der Waals surface area contributed by atoms with E-state index < -0.39 is 0 Å². The number of carbonyl (C=O) groups excluding carboxylic acids is 1. The molecule has 0 fully saturated rings. The first-order valence-corrected chi connectivity index (χ1v) is 8.39. The largest absolute Gasteiger partial charge is 0.356 e. The summed E-state index contributed by atoms with van der Waals surface area (Å²) >= 11 is 1.52. The molecule has 0 atom stereocenters. The zero-order valence-corrected chi connectivity index (χ0v) is 14.8. The van der Waals surface area contributed by atoms with Gasteiger partial charge in [-0.2, -0.15) is 0 Å². The first-order valence-electron chi connectivity index (χ1n) is 7.57. The van der Waals surface area contributed by atoms with E-state index >= 15 is 0 Å². The lowest BCUT2D eigenvalue weighted by Gasteiger charge is -2.01. The van der Waals surface area contributed by atoms with Crippen LogP contribution in [-0.4, -0.2) is 15.8 Å². The van der Waals surface area contributed by atoms with Gasteiger partial charge in [0.1, 0.15) is 11.5 Å². The summed E-state index contributed by atoms with van der Waals surface area (Å²) in [4.78, 5) is 20.8. The number of nitrogens with one attached hydrogen (secondary N) is 2. The van der Waals surface area contributed by atoms with E-state index in [0.29, 0.717) is 0 Å². The van der Waals surface area contributed by atoms with Crippen LogP contribution in [0, 0.1) is 26.6 Å². The molecule has 0 aliphatic rings. The molecule has 124 valence electrons. The minimum absolute atomic E-state index is 0.0463. The number of hydrogen-bond donors (Lipinski definition) is 2. The van der Waals surface area contributed by atoms with Crippen LogP contribution < -0.4 is 5.32 Å². The number of carbonyl (C=O) groups is 1. The second-order valence-corrected chi connectivity index (χ2v) is 6.94. The van der Waals surface area contributed by atoms with Gasteiger partial charge in [-0.1, -0.05) is 0 Å². The molecule has 0 aliphatic heterocycles. The van der Waals surface area contributed by atoms with Crippen LogP contribution in [0.3, 0.4) is 0 Å². The number of aryl methyl sites for hydroxylation is 2. The summed E-state index contributed by atoms with van der Waals surface area (Å²) in [5.74, 6) is -0.226. The smallest absolute Gasteiger partial charge is 0.188 e. The average molecular weight is 343 g/mol. The van der Waals surface area contributed by atoms with Crippen LogP contribution in [0.15, 0.2) is 24.3 Å². The van der Waals surface area contributed by atoms with Gasteiger partial charge in [0.2, 0.25) is 0 Å². The topological polar surface area (TPSA) is 57.8 Å². The molecule has 2 aromatic heterocycles. The Hall–Kier alpha value is -2.47. The molecule has 1 aromatic carbocycles. The average Bonchev–Trinajstić information content (AvgIpc) is 3.01. The third kappa shape index (κ3) is 2.97. The molecule has 0 amide bonds. The molecular weight excluding hydrogens is 325 g/mol. The fraction of sp³-hybridized carbons (Fsp3) is 0.222. The number of ketones is 1. The number of nitrogens with zero attached hydrogens (tertiary/aromatic N) is 1. The molecule has 24 heavy (non-hydrogen) atoms. The van der Waals surface area contributed by atoms with Crippen molar-refractivity contribution in [1.29, 1.82) is 0 Å². The normalized spacial score (nSPS) is 10.9. The fourth-order valence-corrected chi connectivity index (χ4v) is 3.69. The zero-order chi connectivity index (χ0) is 17.4. The number of thiazole rings is 1.